The van der Waals surface area contributed by atoms with Gasteiger partial charge in [-0.1, -0.05) is 34.8 Å². The van der Waals surface area contributed by atoms with Gasteiger partial charge in [-0.05, 0) is 51.7 Å². The Hall–Kier alpha value is -2.74. The number of nitrogens with one attached hydrogen (secondary N) is 2. The maximum atomic E-state index is 12.8. The van der Waals surface area contributed by atoms with Crippen molar-refractivity contribution in [1.29, 1.82) is 0 Å². The first-order valence-electron chi connectivity index (χ1n) is 8.65. The monoisotopic (exact) mass is 433 g/mol. The molecule has 0 saturated heterocycles. The minimum atomic E-state index is -0.485. The fraction of sp³-hybridized carbons (Fsp3) is 0.200. The molecule has 2 N–H and O–H groups in total. The summed E-state index contributed by atoms with van der Waals surface area (Å²) in [4.78, 5) is 28.3. The number of aryl methyl sites for hydroxylation is 2. The first-order chi connectivity index (χ1) is 13.8. The molecule has 29 heavy (non-hydrogen) atoms. The van der Waals surface area contributed by atoms with Gasteiger partial charge in [0.15, 0.2) is 17.3 Å². The molecule has 0 radical (unpaired) electrons. The molecule has 2 aromatic heterocycles. The number of aromatic nitrogens is 3. The van der Waals surface area contributed by atoms with Crippen LogP contribution in [0.4, 0.5) is 5.69 Å². The molecule has 3 rings (SSSR count). The lowest BCUT2D eigenvalue weighted by Crippen LogP contribution is -2.19. The van der Waals surface area contributed by atoms with Crippen molar-refractivity contribution in [2.24, 2.45) is 0 Å². The molecular formula is C20H21Cl2N5O2. The largest absolute Gasteiger partial charge is 0.323 e. The molecule has 0 aliphatic carbocycles. The zero-order chi connectivity index (χ0) is 21.6. The number of hydrogen-bond donors (Lipinski definition) is 2. The van der Waals surface area contributed by atoms with E-state index in [9.17, 15) is 9.59 Å². The van der Waals surface area contributed by atoms with Crippen molar-refractivity contribution in [3.63, 3.8) is 0 Å². The summed E-state index contributed by atoms with van der Waals surface area (Å²) in [7, 11) is 3.75. The van der Waals surface area contributed by atoms with E-state index >= 15 is 0 Å². The topological polar surface area (TPSA) is 88.9 Å². The van der Waals surface area contributed by atoms with Crippen molar-refractivity contribution < 1.29 is 9.59 Å². The summed E-state index contributed by atoms with van der Waals surface area (Å²) in [6.07, 6.45) is 2.24. The van der Waals surface area contributed by atoms with Crippen LogP contribution in [0, 0.1) is 13.8 Å². The van der Waals surface area contributed by atoms with Crippen LogP contribution >= 0.6 is 23.2 Å². The average Bonchev–Trinajstić information content (AvgIpc) is 3.06. The molecule has 1 aromatic carbocycles. The number of halogens is 2. The number of aldehydes is 1. The summed E-state index contributed by atoms with van der Waals surface area (Å²) in [5, 5.41) is 10.0. The Kier molecular flexibility index (Phi) is 7.90. The molecule has 7 nitrogen and oxygen atoms in total. The number of pyridine rings is 1. The number of benzene rings is 1. The number of amides is 1. The minimum absolute atomic E-state index is 0.119. The predicted octanol–water partition coefficient (Wildman–Crippen LogP) is 4.09. The lowest BCUT2D eigenvalue weighted by molar-refractivity contribution is 0.101. The van der Waals surface area contributed by atoms with E-state index in [-0.39, 0.29) is 16.7 Å². The van der Waals surface area contributed by atoms with Crippen LogP contribution in [-0.2, 0) is 0 Å². The normalized spacial score (nSPS) is 10.1. The van der Waals surface area contributed by atoms with Crippen molar-refractivity contribution in [2.45, 2.75) is 13.8 Å². The molecule has 152 valence electrons. The van der Waals surface area contributed by atoms with Gasteiger partial charge >= 0.3 is 0 Å². The summed E-state index contributed by atoms with van der Waals surface area (Å²) in [5.41, 5.74) is 2.67. The van der Waals surface area contributed by atoms with Crippen molar-refractivity contribution in [3.8, 4) is 5.82 Å². The van der Waals surface area contributed by atoms with Crippen LogP contribution in [0.3, 0.4) is 0 Å². The Bertz CT molecular complexity index is 1030. The van der Waals surface area contributed by atoms with Gasteiger partial charge in [0.05, 0.1) is 10.7 Å². The molecule has 0 aliphatic rings. The highest BCUT2D eigenvalue weighted by Gasteiger charge is 2.20. The second-order valence-corrected chi connectivity index (χ2v) is 6.99. The van der Waals surface area contributed by atoms with E-state index < -0.39 is 5.91 Å². The molecule has 0 fully saturated rings. The number of nitrogens with zero attached hydrogens (tertiary/aromatic N) is 3. The highest BCUT2D eigenvalue weighted by molar-refractivity contribution is 6.32. The first-order valence-corrected chi connectivity index (χ1v) is 9.40. The van der Waals surface area contributed by atoms with Gasteiger partial charge in [-0.2, -0.15) is 5.10 Å². The summed E-state index contributed by atoms with van der Waals surface area (Å²) < 4.78 is 1.27. The summed E-state index contributed by atoms with van der Waals surface area (Å²) in [6, 6.07) is 8.29. The Morgan fingerprint density at radius 3 is 2.48 bits per heavy atom. The Balaban J connectivity index is 0.000000941. The molecule has 0 aliphatic heterocycles. The maximum absolute atomic E-state index is 12.8. The van der Waals surface area contributed by atoms with Gasteiger partial charge in [0.25, 0.3) is 5.91 Å². The number of rotatable bonds is 4. The van der Waals surface area contributed by atoms with E-state index in [1.165, 1.54) is 16.9 Å². The van der Waals surface area contributed by atoms with Crippen LogP contribution in [0.2, 0.25) is 10.2 Å². The molecule has 9 heteroatoms. The average molecular weight is 434 g/mol. The standard InChI is InChI=1S/C18H14Cl2N4O2.C2H7N/c1-10-6-11(2)16(12(7-10)9-25)22-18(26)14-8-15(20)23-24(14)17-13(19)4-3-5-21-17;1-3-2/h3-9H,1-2H3,(H,22,26);3H,1-2H3. The van der Waals surface area contributed by atoms with Crippen LogP contribution in [-0.4, -0.2) is 41.1 Å². The van der Waals surface area contributed by atoms with Gasteiger partial charge in [0.2, 0.25) is 0 Å². The zero-order valence-electron chi connectivity index (χ0n) is 16.5. The second kappa shape index (κ2) is 10.2. The van der Waals surface area contributed by atoms with Gasteiger partial charge in [0.1, 0.15) is 5.69 Å². The minimum Gasteiger partial charge on any atom is -0.323 e. The quantitative estimate of drug-likeness (QED) is 0.604. The highest BCUT2D eigenvalue weighted by Crippen LogP contribution is 2.25. The fourth-order valence-electron chi connectivity index (χ4n) is 2.65. The zero-order valence-corrected chi connectivity index (χ0v) is 18.0. The smallest absolute Gasteiger partial charge is 0.274 e. The Morgan fingerprint density at radius 2 is 1.86 bits per heavy atom. The van der Waals surface area contributed by atoms with E-state index in [1.807, 2.05) is 34.0 Å². The lowest BCUT2D eigenvalue weighted by atomic mass is 10.0. The number of carbonyl (C=O) groups is 2. The van der Waals surface area contributed by atoms with E-state index in [4.69, 9.17) is 23.2 Å². The number of hydrogen-bond acceptors (Lipinski definition) is 5. The number of carbonyl (C=O) groups excluding carboxylic acids is 2. The van der Waals surface area contributed by atoms with Crippen molar-refractivity contribution in [3.05, 3.63) is 69.1 Å². The van der Waals surface area contributed by atoms with Crippen molar-refractivity contribution in [1.82, 2.24) is 20.1 Å². The van der Waals surface area contributed by atoms with Crippen LogP contribution in [0.1, 0.15) is 32.0 Å². The van der Waals surface area contributed by atoms with Gasteiger partial charge < -0.3 is 10.6 Å². The molecule has 0 atom stereocenters. The van der Waals surface area contributed by atoms with E-state index in [0.717, 1.165) is 11.1 Å². The summed E-state index contributed by atoms with van der Waals surface area (Å²) in [5.74, 6) is -0.205. The molecule has 0 spiro atoms. The third-order valence-corrected chi connectivity index (χ3v) is 4.21. The maximum Gasteiger partial charge on any atom is 0.274 e. The van der Waals surface area contributed by atoms with Crippen molar-refractivity contribution >= 4 is 41.1 Å². The van der Waals surface area contributed by atoms with E-state index in [0.29, 0.717) is 22.6 Å². The molecule has 1 amide bonds. The molecular weight excluding hydrogens is 413 g/mol. The van der Waals surface area contributed by atoms with Crippen LogP contribution in [0.5, 0.6) is 0 Å². The van der Waals surface area contributed by atoms with Crippen molar-refractivity contribution in [2.75, 3.05) is 19.4 Å². The van der Waals surface area contributed by atoms with E-state index in [1.54, 1.807) is 18.2 Å². The SMILES string of the molecule is CNC.Cc1cc(C)c(NC(=O)c2cc(Cl)nn2-c2ncccc2Cl)c(C=O)c1. The Labute approximate surface area is 179 Å². The van der Waals surface area contributed by atoms with Gasteiger partial charge in [-0.15, -0.1) is 0 Å². The summed E-state index contributed by atoms with van der Waals surface area (Å²) in [6.45, 7) is 3.69. The van der Waals surface area contributed by atoms with Gasteiger partial charge in [0, 0.05) is 17.8 Å². The first kappa shape index (κ1) is 22.5. The second-order valence-electron chi connectivity index (χ2n) is 6.19. The molecule has 3 aromatic rings. The number of anilines is 1. The van der Waals surface area contributed by atoms with Crippen LogP contribution in [0.25, 0.3) is 5.82 Å². The molecule has 0 saturated carbocycles. The third kappa shape index (κ3) is 5.41. The highest BCUT2D eigenvalue weighted by atomic mass is 35.5. The van der Waals surface area contributed by atoms with Crippen LogP contribution < -0.4 is 10.6 Å². The fourth-order valence-corrected chi connectivity index (χ4v) is 3.03. The molecule has 0 bridgehead atoms. The lowest BCUT2D eigenvalue weighted by Gasteiger charge is -2.13. The third-order valence-electron chi connectivity index (χ3n) is 3.73. The molecule has 2 heterocycles. The van der Waals surface area contributed by atoms with Gasteiger partial charge in [-0.25, -0.2) is 9.67 Å². The van der Waals surface area contributed by atoms with Gasteiger partial charge in [-0.3, -0.25) is 9.59 Å². The van der Waals surface area contributed by atoms with Crippen LogP contribution in [0.15, 0.2) is 36.5 Å². The summed E-state index contributed by atoms with van der Waals surface area (Å²) >= 11 is 12.1. The Morgan fingerprint density at radius 1 is 1.17 bits per heavy atom. The van der Waals surface area contributed by atoms with E-state index in [2.05, 4.69) is 20.7 Å². The predicted molar refractivity (Wildman–Crippen MR) is 116 cm³/mol. The molecule has 0 unspecified atom stereocenters.